The van der Waals surface area contributed by atoms with Gasteiger partial charge in [0.25, 0.3) is 0 Å². The molecular weight excluding hydrogens is 556 g/mol. The lowest BCUT2D eigenvalue weighted by Gasteiger charge is -2.33. The fraction of sp³-hybridized carbons (Fsp3) is 0.955. The van der Waals surface area contributed by atoms with Gasteiger partial charge in [-0.1, -0.05) is 226 Å². The minimum atomic E-state index is 0.638. The van der Waals surface area contributed by atoms with Gasteiger partial charge in [-0.05, 0) is 25.7 Å². The lowest BCUT2D eigenvalue weighted by molar-refractivity contribution is 0.135. The second-order valence-electron chi connectivity index (χ2n) is 15.4. The van der Waals surface area contributed by atoms with E-state index in [2.05, 4.69) is 43.0 Å². The van der Waals surface area contributed by atoms with E-state index in [-0.39, 0.29) is 0 Å². The van der Waals surface area contributed by atoms with Crippen LogP contribution in [-0.4, -0.2) is 29.1 Å². The summed E-state index contributed by atoms with van der Waals surface area (Å²) in [7, 11) is 0. The molecule has 274 valence electrons. The molecule has 1 aliphatic rings. The molecule has 46 heavy (non-hydrogen) atoms. The molecule has 0 saturated carbocycles. The van der Waals surface area contributed by atoms with Crippen molar-refractivity contribution >= 4 is 0 Å². The van der Waals surface area contributed by atoms with Crippen LogP contribution in [0.2, 0.25) is 0 Å². The van der Waals surface area contributed by atoms with Crippen molar-refractivity contribution < 1.29 is 0 Å². The molecule has 0 spiro atoms. The van der Waals surface area contributed by atoms with E-state index in [4.69, 9.17) is 0 Å². The molecule has 0 saturated heterocycles. The van der Waals surface area contributed by atoms with E-state index in [0.29, 0.717) is 6.17 Å². The third-order valence-electron chi connectivity index (χ3n) is 10.8. The molecule has 2 nitrogen and oxygen atoms in total. The molecule has 0 fully saturated rings. The molecule has 1 unspecified atom stereocenters. The van der Waals surface area contributed by atoms with Gasteiger partial charge in [-0.2, -0.15) is 0 Å². The summed E-state index contributed by atoms with van der Waals surface area (Å²) in [5, 5.41) is 0. The van der Waals surface area contributed by atoms with Gasteiger partial charge < -0.3 is 9.80 Å². The van der Waals surface area contributed by atoms with Crippen molar-refractivity contribution in [1.82, 2.24) is 9.80 Å². The minimum absolute atomic E-state index is 0.638. The molecule has 1 atom stereocenters. The predicted molar refractivity (Wildman–Crippen MR) is 210 cm³/mol. The molecular formula is C44H88N2. The average molecular weight is 645 g/mol. The molecule has 0 aromatic rings. The zero-order valence-corrected chi connectivity index (χ0v) is 32.5. The number of nitrogens with zero attached hydrogens (tertiary/aromatic N) is 2. The van der Waals surface area contributed by atoms with Crippen LogP contribution in [0.15, 0.2) is 12.4 Å². The Kier molecular flexibility index (Phi) is 33.6. The largest absolute Gasteiger partial charge is 0.356 e. The standard InChI is InChI=1S/C44H88N2/c1-4-7-10-13-16-18-20-22-23-24-25-27-29-32-35-38-41-46-43-42-45(40-37-34-31-15-12-9-6-3)44(46)39-36-33-30-28-26-21-19-17-14-11-8-5-2/h42-44H,4-41H2,1-3H3. The predicted octanol–water partition coefficient (Wildman–Crippen LogP) is 15.5. The van der Waals surface area contributed by atoms with E-state index in [9.17, 15) is 0 Å². The molecule has 0 amide bonds. The van der Waals surface area contributed by atoms with Crippen LogP contribution in [0.5, 0.6) is 0 Å². The molecule has 0 aromatic carbocycles. The van der Waals surface area contributed by atoms with Gasteiger partial charge in [0.2, 0.25) is 0 Å². The first-order valence-corrected chi connectivity index (χ1v) is 22.0. The van der Waals surface area contributed by atoms with Gasteiger partial charge in [-0.3, -0.25) is 0 Å². The van der Waals surface area contributed by atoms with Crippen LogP contribution in [0.25, 0.3) is 0 Å². The zero-order valence-electron chi connectivity index (χ0n) is 32.5. The van der Waals surface area contributed by atoms with Crippen molar-refractivity contribution in [3.8, 4) is 0 Å². The van der Waals surface area contributed by atoms with E-state index in [1.807, 2.05) is 0 Å². The fourth-order valence-electron chi connectivity index (χ4n) is 7.60. The van der Waals surface area contributed by atoms with E-state index in [1.165, 1.54) is 244 Å². The second-order valence-corrected chi connectivity index (χ2v) is 15.4. The summed E-state index contributed by atoms with van der Waals surface area (Å²) in [5.74, 6) is 0. The Morgan fingerprint density at radius 2 is 0.500 bits per heavy atom. The molecule has 0 aliphatic carbocycles. The maximum atomic E-state index is 2.73. The highest BCUT2D eigenvalue weighted by Gasteiger charge is 2.24. The van der Waals surface area contributed by atoms with Gasteiger partial charge >= 0.3 is 0 Å². The highest BCUT2D eigenvalue weighted by atomic mass is 15.4. The smallest absolute Gasteiger partial charge is 0.101 e. The monoisotopic (exact) mass is 645 g/mol. The van der Waals surface area contributed by atoms with Crippen LogP contribution in [0.4, 0.5) is 0 Å². The minimum Gasteiger partial charge on any atom is -0.356 e. The maximum absolute atomic E-state index is 2.73. The molecule has 1 aliphatic heterocycles. The first-order chi connectivity index (χ1) is 22.8. The van der Waals surface area contributed by atoms with E-state index in [1.54, 1.807) is 0 Å². The van der Waals surface area contributed by atoms with Crippen LogP contribution >= 0.6 is 0 Å². The Morgan fingerprint density at radius 1 is 0.283 bits per heavy atom. The highest BCUT2D eigenvalue weighted by molar-refractivity contribution is 4.97. The van der Waals surface area contributed by atoms with Gasteiger partial charge in [-0.25, -0.2) is 0 Å². The molecule has 1 rings (SSSR count). The topological polar surface area (TPSA) is 6.48 Å². The summed E-state index contributed by atoms with van der Waals surface area (Å²) < 4.78 is 0. The number of hydrogen-bond donors (Lipinski definition) is 0. The van der Waals surface area contributed by atoms with E-state index in [0.717, 1.165) is 0 Å². The normalized spacial score (nSPS) is 14.7. The SMILES string of the molecule is CCCCCCCCCCCCCCCCCCN1C=CN(CCCCCCCCC)C1CCCCCCCCCCCCCC. The Labute approximate surface area is 292 Å². The van der Waals surface area contributed by atoms with Gasteiger partial charge in [0.05, 0.1) is 0 Å². The van der Waals surface area contributed by atoms with Gasteiger partial charge in [0.15, 0.2) is 0 Å². The Morgan fingerprint density at radius 3 is 0.761 bits per heavy atom. The van der Waals surface area contributed by atoms with Gasteiger partial charge in [-0.15, -0.1) is 0 Å². The number of unbranched alkanes of at least 4 members (excludes halogenated alkanes) is 32. The summed E-state index contributed by atoms with van der Waals surface area (Å²) in [6, 6.07) is 0. The van der Waals surface area contributed by atoms with Crippen molar-refractivity contribution in [2.75, 3.05) is 13.1 Å². The fourth-order valence-corrected chi connectivity index (χ4v) is 7.60. The Hall–Kier alpha value is -0.660. The molecule has 0 bridgehead atoms. The van der Waals surface area contributed by atoms with Crippen molar-refractivity contribution in [3.05, 3.63) is 12.4 Å². The third kappa shape index (κ3) is 27.3. The van der Waals surface area contributed by atoms with Crippen LogP contribution in [-0.2, 0) is 0 Å². The number of rotatable bonds is 38. The number of hydrogen-bond acceptors (Lipinski definition) is 2. The summed E-state index contributed by atoms with van der Waals surface area (Å²) in [6.45, 7) is 9.49. The molecule has 1 heterocycles. The Balaban J connectivity index is 2.15. The van der Waals surface area contributed by atoms with Gasteiger partial charge in [0.1, 0.15) is 6.17 Å². The van der Waals surface area contributed by atoms with Crippen molar-refractivity contribution in [2.45, 2.75) is 258 Å². The van der Waals surface area contributed by atoms with E-state index >= 15 is 0 Å². The molecule has 0 radical (unpaired) electrons. The van der Waals surface area contributed by atoms with Crippen LogP contribution in [0, 0.1) is 0 Å². The van der Waals surface area contributed by atoms with Crippen molar-refractivity contribution in [1.29, 1.82) is 0 Å². The quantitative estimate of drug-likeness (QED) is 0.0617. The summed E-state index contributed by atoms with van der Waals surface area (Å²) in [6.07, 6.45) is 57.4. The first kappa shape index (κ1) is 43.4. The molecule has 0 N–H and O–H groups in total. The summed E-state index contributed by atoms with van der Waals surface area (Å²) in [5.41, 5.74) is 0. The lowest BCUT2D eigenvalue weighted by atomic mass is 10.0. The maximum Gasteiger partial charge on any atom is 0.101 e. The molecule has 2 heteroatoms. The van der Waals surface area contributed by atoms with Crippen LogP contribution in [0.1, 0.15) is 252 Å². The summed E-state index contributed by atoms with van der Waals surface area (Å²) >= 11 is 0. The third-order valence-corrected chi connectivity index (χ3v) is 10.8. The van der Waals surface area contributed by atoms with Crippen LogP contribution < -0.4 is 0 Å². The molecule has 0 aromatic heterocycles. The van der Waals surface area contributed by atoms with E-state index < -0.39 is 0 Å². The highest BCUT2D eigenvalue weighted by Crippen LogP contribution is 2.24. The van der Waals surface area contributed by atoms with Gasteiger partial charge in [0, 0.05) is 25.5 Å². The second kappa shape index (κ2) is 35.6. The van der Waals surface area contributed by atoms with Crippen molar-refractivity contribution in [2.24, 2.45) is 0 Å². The van der Waals surface area contributed by atoms with Crippen LogP contribution in [0.3, 0.4) is 0 Å². The zero-order chi connectivity index (χ0) is 33.0. The first-order valence-electron chi connectivity index (χ1n) is 22.0. The van der Waals surface area contributed by atoms with Crippen molar-refractivity contribution in [3.63, 3.8) is 0 Å². The average Bonchev–Trinajstić information content (AvgIpc) is 3.45. The lowest BCUT2D eigenvalue weighted by Crippen LogP contribution is -2.39. The summed E-state index contributed by atoms with van der Waals surface area (Å²) in [4.78, 5) is 5.45. The Bertz CT molecular complexity index is 601.